The summed E-state index contributed by atoms with van der Waals surface area (Å²) < 4.78 is 0. The number of halogens is 2. The van der Waals surface area contributed by atoms with Crippen LogP contribution in [0.25, 0.3) is 0 Å². The van der Waals surface area contributed by atoms with Crippen LogP contribution in [-0.4, -0.2) is 24.9 Å². The van der Waals surface area contributed by atoms with Crippen LogP contribution in [-0.2, 0) is 9.59 Å². The maximum absolute atomic E-state index is 10.9. The van der Waals surface area contributed by atoms with E-state index in [1.165, 1.54) is 32.1 Å². The number of nitrogens with two attached hydrogens (primary N) is 2. The quantitative estimate of drug-likeness (QED) is 0.271. The van der Waals surface area contributed by atoms with Crippen molar-refractivity contribution in [1.82, 2.24) is 5.32 Å². The summed E-state index contributed by atoms with van der Waals surface area (Å²) in [7, 11) is 0. The Kier molecular flexibility index (Phi) is 179. The molecule has 0 saturated heterocycles. The Hall–Kier alpha value is 2.03. The molecule has 204 valence electrons. The Balaban J connectivity index is -0.0000000164. The summed E-state index contributed by atoms with van der Waals surface area (Å²) in [5.74, 6) is -0.0129. The monoisotopic (exact) mass is 543 g/mol. The van der Waals surface area contributed by atoms with Crippen LogP contribution in [0.5, 0.6) is 0 Å². The molecule has 0 aromatic carbocycles. The van der Waals surface area contributed by atoms with Crippen molar-refractivity contribution in [2.45, 2.75) is 134 Å². The summed E-state index contributed by atoms with van der Waals surface area (Å²) in [5, 5.41) is 2.88. The summed E-state index contributed by atoms with van der Waals surface area (Å²) in [6.07, 6.45) is 10.3. The molecule has 0 saturated carbocycles. The molecular formula is C24H65F2K2N3O2. The number of carbonyl (C=O) groups excluding carboxylic acids is 2. The van der Waals surface area contributed by atoms with Crippen molar-refractivity contribution in [3.63, 3.8) is 0 Å². The van der Waals surface area contributed by atoms with E-state index in [0.717, 1.165) is 32.4 Å². The molecule has 0 atom stereocenters. The van der Waals surface area contributed by atoms with Gasteiger partial charge in [-0.15, -0.1) is 0 Å². The first kappa shape index (κ1) is 70.3. The summed E-state index contributed by atoms with van der Waals surface area (Å²) in [4.78, 5) is 20.7. The number of hydrogen-bond acceptors (Lipinski definition) is 3. The molecule has 0 spiro atoms. The van der Waals surface area contributed by atoms with Crippen molar-refractivity contribution in [3.05, 3.63) is 0 Å². The van der Waals surface area contributed by atoms with Crippen LogP contribution >= 0.6 is 0 Å². The van der Waals surface area contributed by atoms with Gasteiger partial charge in [-0.1, -0.05) is 95.9 Å². The summed E-state index contributed by atoms with van der Waals surface area (Å²) >= 11 is 0. The molecule has 0 aliphatic rings. The van der Waals surface area contributed by atoms with Gasteiger partial charge in [0.1, 0.15) is 0 Å². The van der Waals surface area contributed by atoms with Crippen LogP contribution in [0.4, 0.5) is 9.41 Å². The largest absolute Gasteiger partial charge is 1.00 e. The molecule has 5 N–H and O–H groups in total. The second kappa shape index (κ2) is 83.9. The zero-order chi connectivity index (χ0) is 22.3. The third-order valence-corrected chi connectivity index (χ3v) is 2.88. The van der Waals surface area contributed by atoms with Crippen LogP contribution < -0.4 is 120 Å². The Labute approximate surface area is 296 Å². The second-order valence-electron chi connectivity index (χ2n) is 5.52. The summed E-state index contributed by atoms with van der Waals surface area (Å²) in [5.41, 5.74) is 9.98. The zero-order valence-electron chi connectivity index (χ0n) is 24.8. The first-order valence-corrected chi connectivity index (χ1v) is 11.2. The number of nitrogens with one attached hydrogen (secondary N) is 1. The standard InChI is InChI=1S/C9H19NO.C5H13N.C4H9NO.2C2H6.2CH4.2FH.2K.2H/c1-3-5-6-8-10-9(11)7-4-2;1-2-3-4-5-6;1-2-3-4(5)6;2*1-2;;;;;;;;/h3-8H2,1-2H3,(H,10,11);2-6H2,1H3;2-3H2,1H3,(H2,5,6);2*1-2H3;2*1H4;2*1H;;;;/q;;;;;;;;;2*+1;2*-1. The smallest absolute Gasteiger partial charge is 1.00 e. The van der Waals surface area contributed by atoms with Crippen LogP contribution in [0.1, 0.15) is 137 Å². The van der Waals surface area contributed by atoms with Crippen molar-refractivity contribution in [2.24, 2.45) is 11.5 Å². The average molecular weight is 544 g/mol. The molecule has 0 aliphatic carbocycles. The van der Waals surface area contributed by atoms with Crippen molar-refractivity contribution < 1.29 is 125 Å². The van der Waals surface area contributed by atoms with Crippen LogP contribution in [0.15, 0.2) is 0 Å². The van der Waals surface area contributed by atoms with E-state index in [2.05, 4.69) is 19.2 Å². The molecule has 0 fully saturated rings. The fourth-order valence-corrected chi connectivity index (χ4v) is 1.56. The van der Waals surface area contributed by atoms with Crippen molar-refractivity contribution in [3.8, 4) is 0 Å². The maximum atomic E-state index is 10.9. The van der Waals surface area contributed by atoms with Crippen LogP contribution in [0, 0.1) is 0 Å². The Morgan fingerprint density at radius 1 is 0.697 bits per heavy atom. The van der Waals surface area contributed by atoms with E-state index < -0.39 is 0 Å². The summed E-state index contributed by atoms with van der Waals surface area (Å²) in [6.45, 7) is 18.0. The van der Waals surface area contributed by atoms with Gasteiger partial charge in [0, 0.05) is 19.4 Å². The number of hydrogen-bond donors (Lipinski definition) is 3. The van der Waals surface area contributed by atoms with Crippen LogP contribution in [0.3, 0.4) is 0 Å². The normalized spacial score (nSPS) is 6.70. The number of rotatable bonds is 11. The minimum Gasteiger partial charge on any atom is -1.00 e. The topological polar surface area (TPSA) is 98.2 Å². The van der Waals surface area contributed by atoms with Gasteiger partial charge < -0.3 is 19.6 Å². The van der Waals surface area contributed by atoms with Gasteiger partial charge in [-0.2, -0.15) is 0 Å². The van der Waals surface area contributed by atoms with Gasteiger partial charge >= 0.3 is 103 Å². The molecule has 0 unspecified atom stereocenters. The maximum Gasteiger partial charge on any atom is 1.00 e. The van der Waals surface area contributed by atoms with Gasteiger partial charge in [0.25, 0.3) is 0 Å². The third kappa shape index (κ3) is 120. The SMILES string of the molecule is C.C.CC.CC.CCCC(N)=O.CCCCCN.CCCCCNC(=O)CCC.F.F.[H-].[H-].[K+].[K+]. The minimum absolute atomic E-state index is 0. The van der Waals surface area contributed by atoms with Gasteiger partial charge in [-0.3, -0.25) is 19.0 Å². The van der Waals surface area contributed by atoms with Crippen molar-refractivity contribution in [2.75, 3.05) is 13.1 Å². The molecule has 0 heterocycles. The first-order valence-electron chi connectivity index (χ1n) is 11.2. The fraction of sp³-hybridized carbons (Fsp3) is 0.917. The minimum atomic E-state index is -0.211. The van der Waals surface area contributed by atoms with E-state index >= 15 is 0 Å². The average Bonchev–Trinajstić information content (AvgIpc) is 2.68. The molecule has 9 heteroatoms. The van der Waals surface area contributed by atoms with E-state index in [0.29, 0.717) is 12.8 Å². The molecule has 0 rings (SSSR count). The van der Waals surface area contributed by atoms with Crippen LogP contribution in [0.2, 0.25) is 0 Å². The zero-order valence-corrected chi connectivity index (χ0v) is 29.0. The number of unbranched alkanes of at least 4 members (excludes halogenated alkanes) is 4. The van der Waals surface area contributed by atoms with Crippen molar-refractivity contribution in [1.29, 1.82) is 0 Å². The Bertz CT molecular complexity index is 277. The predicted molar refractivity (Wildman–Crippen MR) is 144 cm³/mol. The molecule has 2 amide bonds. The van der Waals surface area contributed by atoms with Gasteiger partial charge in [0.2, 0.25) is 11.8 Å². The van der Waals surface area contributed by atoms with Gasteiger partial charge in [0.15, 0.2) is 0 Å². The number of amides is 2. The molecule has 33 heavy (non-hydrogen) atoms. The Morgan fingerprint density at radius 3 is 1.27 bits per heavy atom. The molecular weight excluding hydrogens is 478 g/mol. The molecule has 0 radical (unpaired) electrons. The molecule has 0 aliphatic heterocycles. The number of primary amides is 1. The fourth-order valence-electron chi connectivity index (χ4n) is 1.56. The van der Waals surface area contributed by atoms with Gasteiger partial charge in [-0.05, 0) is 32.2 Å². The second-order valence-corrected chi connectivity index (χ2v) is 5.52. The van der Waals surface area contributed by atoms with Gasteiger partial charge in [-0.25, -0.2) is 0 Å². The van der Waals surface area contributed by atoms with Crippen molar-refractivity contribution >= 4 is 11.8 Å². The predicted octanol–water partition coefficient (Wildman–Crippen LogP) is 1.36. The number of carbonyl (C=O) groups is 2. The molecule has 0 bridgehead atoms. The van der Waals surface area contributed by atoms with E-state index in [4.69, 9.17) is 11.5 Å². The summed E-state index contributed by atoms with van der Waals surface area (Å²) in [6, 6.07) is 0. The van der Waals surface area contributed by atoms with E-state index in [1.54, 1.807) is 0 Å². The van der Waals surface area contributed by atoms with E-state index in [-0.39, 0.29) is 142 Å². The van der Waals surface area contributed by atoms with Gasteiger partial charge in [0.05, 0.1) is 0 Å². The van der Waals surface area contributed by atoms with E-state index in [9.17, 15) is 9.59 Å². The molecule has 0 aromatic heterocycles. The first-order chi connectivity index (χ1) is 13.0. The molecule has 5 nitrogen and oxygen atoms in total. The molecule has 0 aromatic rings. The van der Waals surface area contributed by atoms with E-state index in [1.807, 2.05) is 41.5 Å². The third-order valence-electron chi connectivity index (χ3n) is 2.88. The Morgan fingerprint density at radius 2 is 1.06 bits per heavy atom.